The van der Waals surface area contributed by atoms with Gasteiger partial charge < -0.3 is 9.88 Å². The first kappa shape index (κ1) is 20.7. The largest absolute Gasteiger partial charge is 0.345 e. The Hall–Kier alpha value is -3.03. The fourth-order valence-corrected chi connectivity index (χ4v) is 5.01. The lowest BCUT2D eigenvalue weighted by molar-refractivity contribution is 0.101. The minimum Gasteiger partial charge on any atom is -0.345 e. The van der Waals surface area contributed by atoms with E-state index in [2.05, 4.69) is 19.4 Å². The van der Waals surface area contributed by atoms with E-state index < -0.39 is 21.8 Å². The number of carbonyl (C=O) groups excluding carboxylic acids is 1. The van der Waals surface area contributed by atoms with Crippen LogP contribution in [0, 0.1) is 23.2 Å². The highest BCUT2D eigenvalue weighted by atomic mass is 32.2. The summed E-state index contributed by atoms with van der Waals surface area (Å²) in [6.07, 6.45) is 5.22. The predicted molar refractivity (Wildman–Crippen MR) is 108 cm³/mol. The minimum atomic E-state index is -2.94. The number of carbonyl (C=O) groups is 1. The second-order valence-corrected chi connectivity index (χ2v) is 9.04. The van der Waals surface area contributed by atoms with E-state index in [0.29, 0.717) is 10.5 Å². The summed E-state index contributed by atoms with van der Waals surface area (Å²) < 4.78 is 35.8. The molecule has 1 aliphatic rings. The third-order valence-electron chi connectivity index (χ3n) is 4.61. The molecule has 3 rings (SSSR count). The maximum Gasteiger partial charge on any atom is 0.272 e. The Bertz CT molecular complexity index is 1170. The number of hydrogen-bond donors (Lipinski definition) is 2. The maximum atomic E-state index is 13.6. The molecule has 0 bridgehead atoms. The average molecular weight is 416 g/mol. The fraction of sp³-hybridized carbons (Fsp3) is 0.316. The molecule has 2 atom stereocenters. The zero-order valence-corrected chi connectivity index (χ0v) is 17.2. The van der Waals surface area contributed by atoms with Crippen molar-refractivity contribution in [3.8, 4) is 6.07 Å². The molecule has 2 N–H and O–H groups in total. The molecule has 0 saturated heterocycles. The van der Waals surface area contributed by atoms with Crippen molar-refractivity contribution < 1.29 is 13.4 Å². The molecule has 152 valence electrons. The van der Waals surface area contributed by atoms with Gasteiger partial charge >= 0.3 is 0 Å². The van der Waals surface area contributed by atoms with Crippen molar-refractivity contribution in [3.63, 3.8) is 0 Å². The van der Waals surface area contributed by atoms with Gasteiger partial charge in [-0.3, -0.25) is 4.79 Å². The third-order valence-corrected chi connectivity index (χ3v) is 6.63. The summed E-state index contributed by atoms with van der Waals surface area (Å²) in [6, 6.07) is 3.86. The van der Waals surface area contributed by atoms with Gasteiger partial charge in [-0.1, -0.05) is 26.0 Å². The molecular formula is C19H21FN6O2S. The van der Waals surface area contributed by atoms with Crippen molar-refractivity contribution in [2.45, 2.75) is 24.8 Å². The number of aryl methyl sites for hydroxylation is 1. The Morgan fingerprint density at radius 1 is 1.48 bits per heavy atom. The van der Waals surface area contributed by atoms with E-state index in [1.807, 2.05) is 19.9 Å². The Balaban J connectivity index is 2.08. The highest BCUT2D eigenvalue weighted by Crippen LogP contribution is 2.29. The highest BCUT2D eigenvalue weighted by molar-refractivity contribution is 7.91. The molecular weight excluding hydrogens is 395 g/mol. The van der Waals surface area contributed by atoms with Crippen LogP contribution in [0.5, 0.6) is 0 Å². The molecule has 29 heavy (non-hydrogen) atoms. The van der Waals surface area contributed by atoms with E-state index in [1.165, 1.54) is 13.1 Å². The van der Waals surface area contributed by atoms with E-state index in [1.54, 1.807) is 30.0 Å². The van der Waals surface area contributed by atoms with Crippen LogP contribution in [0.2, 0.25) is 0 Å². The number of fused-ring (bicyclic) bond motifs is 1. The van der Waals surface area contributed by atoms with Crippen molar-refractivity contribution in [3.05, 3.63) is 47.3 Å². The molecule has 2 aromatic heterocycles. The van der Waals surface area contributed by atoms with E-state index in [4.69, 9.17) is 5.26 Å². The molecule has 0 radical (unpaired) electrons. The number of pyridine rings is 1. The second-order valence-electron chi connectivity index (χ2n) is 6.95. The number of halogens is 1. The number of nitriles is 1. The molecule has 0 saturated carbocycles. The number of nitrogens with one attached hydrogen (secondary N) is 2. The third kappa shape index (κ3) is 3.92. The van der Waals surface area contributed by atoms with Crippen LogP contribution in [-0.4, -0.2) is 32.8 Å². The van der Waals surface area contributed by atoms with Gasteiger partial charge in [-0.2, -0.15) is 9.65 Å². The summed E-state index contributed by atoms with van der Waals surface area (Å²) in [5.41, 5.74) is 0.675. The van der Waals surface area contributed by atoms with Crippen molar-refractivity contribution in [1.82, 2.24) is 14.3 Å². The van der Waals surface area contributed by atoms with Gasteiger partial charge in [0.25, 0.3) is 5.91 Å². The van der Waals surface area contributed by atoms with Gasteiger partial charge in [-0.25, -0.2) is 18.3 Å². The van der Waals surface area contributed by atoms with Crippen LogP contribution in [-0.2, 0) is 17.0 Å². The molecule has 3 heterocycles. The van der Waals surface area contributed by atoms with Crippen LogP contribution in [0.25, 0.3) is 6.08 Å². The molecule has 0 fully saturated rings. The first-order valence-corrected chi connectivity index (χ1v) is 10.4. The smallest absolute Gasteiger partial charge is 0.272 e. The lowest BCUT2D eigenvalue weighted by Gasteiger charge is -2.19. The first-order valence-electron chi connectivity index (χ1n) is 8.87. The quantitative estimate of drug-likeness (QED) is 0.749. The number of nitrogens with zero attached hydrogens (tertiary/aromatic N) is 4. The van der Waals surface area contributed by atoms with E-state index >= 15 is 0 Å². The summed E-state index contributed by atoms with van der Waals surface area (Å²) in [5.74, 6) is -1.25. The number of hydrogen-bond acceptors (Lipinski definition) is 5. The molecule has 0 aromatic carbocycles. The predicted octanol–water partition coefficient (Wildman–Crippen LogP) is 2.70. The summed E-state index contributed by atoms with van der Waals surface area (Å²) in [4.78, 5) is 16.8. The van der Waals surface area contributed by atoms with E-state index in [9.17, 15) is 13.4 Å². The van der Waals surface area contributed by atoms with E-state index in [0.717, 1.165) is 6.07 Å². The maximum absolute atomic E-state index is 13.6. The molecule has 1 amide bonds. The van der Waals surface area contributed by atoms with Gasteiger partial charge in [0.2, 0.25) is 5.95 Å². The summed E-state index contributed by atoms with van der Waals surface area (Å²) >= 11 is 0. The monoisotopic (exact) mass is 416 g/mol. The number of aromatic nitrogens is 2. The van der Waals surface area contributed by atoms with Crippen molar-refractivity contribution in [1.29, 1.82) is 5.26 Å². The van der Waals surface area contributed by atoms with Crippen LogP contribution >= 0.6 is 0 Å². The lowest BCUT2D eigenvalue weighted by atomic mass is 10.0. The fourth-order valence-electron chi connectivity index (χ4n) is 3.09. The summed E-state index contributed by atoms with van der Waals surface area (Å²) in [7, 11) is 0.178. The van der Waals surface area contributed by atoms with Gasteiger partial charge in [-0.05, 0) is 12.0 Å². The lowest BCUT2D eigenvalue weighted by Crippen LogP contribution is -2.36. The zero-order valence-electron chi connectivity index (χ0n) is 16.4. The first-order chi connectivity index (χ1) is 13.7. The molecule has 10 heteroatoms. The second kappa shape index (κ2) is 7.77. The summed E-state index contributed by atoms with van der Waals surface area (Å²) in [5, 5.41) is 11.5. The Morgan fingerprint density at radius 2 is 2.21 bits per heavy atom. The Morgan fingerprint density at radius 3 is 2.83 bits per heavy atom. The van der Waals surface area contributed by atoms with Crippen LogP contribution in [0.3, 0.4) is 0 Å². The molecule has 1 aliphatic heterocycles. The average Bonchev–Trinajstić information content (AvgIpc) is 2.93. The van der Waals surface area contributed by atoms with Gasteiger partial charge in [0, 0.05) is 43.7 Å². The number of rotatable bonds is 3. The van der Waals surface area contributed by atoms with Crippen molar-refractivity contribution in [2.24, 2.45) is 17.3 Å². The SMILES string of the molecule is CN=S1(=O)N[C@@H](C(C)C)C=Cc2c1cn(C)c2C(=O)Nc1cc(F)nc(C#N)c1. The molecule has 0 spiro atoms. The van der Waals surface area contributed by atoms with Gasteiger partial charge in [-0.15, -0.1) is 0 Å². The van der Waals surface area contributed by atoms with Gasteiger partial charge in [0.05, 0.1) is 4.90 Å². The standard InChI is InChI=1S/C19H21FN6O2S/c1-11(2)15-6-5-14-16(29(28,22-3)25-15)10-26(4)18(14)19(27)24-12-7-13(9-21)23-17(20)8-12/h5-8,10-11,15H,1-4H3,(H,22,25,28)(H,23,24,27)/t15-,29?/m1/s1. The van der Waals surface area contributed by atoms with Gasteiger partial charge in [0.1, 0.15) is 27.4 Å². The highest BCUT2D eigenvalue weighted by Gasteiger charge is 2.30. The Kier molecular flexibility index (Phi) is 5.55. The van der Waals surface area contributed by atoms with Crippen molar-refractivity contribution in [2.75, 3.05) is 12.4 Å². The van der Waals surface area contributed by atoms with E-state index in [-0.39, 0.29) is 29.0 Å². The molecule has 0 aliphatic carbocycles. The van der Waals surface area contributed by atoms with Crippen LogP contribution in [0.1, 0.15) is 35.6 Å². The number of amides is 1. The topological polar surface area (TPSA) is 112 Å². The van der Waals surface area contributed by atoms with Crippen molar-refractivity contribution >= 4 is 27.6 Å². The zero-order chi connectivity index (χ0) is 21.3. The summed E-state index contributed by atoms with van der Waals surface area (Å²) in [6.45, 7) is 3.98. The van der Waals surface area contributed by atoms with Crippen LogP contribution in [0.15, 0.2) is 33.7 Å². The minimum absolute atomic E-state index is 0.102. The Labute approximate surface area is 168 Å². The van der Waals surface area contributed by atoms with Gasteiger partial charge in [0.15, 0.2) is 0 Å². The van der Waals surface area contributed by atoms with Crippen LogP contribution < -0.4 is 10.0 Å². The molecule has 8 nitrogen and oxygen atoms in total. The normalized spacial score (nSPS) is 20.7. The molecule has 1 unspecified atom stereocenters. The molecule has 2 aromatic rings. The number of anilines is 1. The van der Waals surface area contributed by atoms with Crippen LogP contribution in [0.4, 0.5) is 10.1 Å².